The Morgan fingerprint density at radius 3 is 0.581 bits per heavy atom. The molecule has 0 aliphatic rings. The van der Waals surface area contributed by atoms with Crippen LogP contribution in [0.25, 0.3) is 0 Å². The van der Waals surface area contributed by atoms with Gasteiger partial charge in [-0.25, -0.2) is 0 Å². The summed E-state index contributed by atoms with van der Waals surface area (Å²) < 4.78 is 451. The van der Waals surface area contributed by atoms with Crippen molar-refractivity contribution < 1.29 is 159 Å². The number of hydrogen-bond acceptors (Lipinski definition) is 2. The second-order valence-corrected chi connectivity index (χ2v) is 12.0. The van der Waals surface area contributed by atoms with Gasteiger partial charge in [0.2, 0.25) is 0 Å². The highest BCUT2D eigenvalue weighted by Gasteiger charge is 2.97. The fourth-order valence-corrected chi connectivity index (χ4v) is 3.84. The van der Waals surface area contributed by atoms with Crippen LogP contribution in [-0.4, -0.2) is 120 Å². The minimum absolute atomic E-state index is 0.439. The van der Waals surface area contributed by atoms with E-state index in [0.29, 0.717) is 10.6 Å². The van der Waals surface area contributed by atoms with Crippen LogP contribution in [0.15, 0.2) is 0 Å². The lowest BCUT2D eigenvalue weighted by Gasteiger charge is -2.42. The Bertz CT molecular complexity index is 1470. The van der Waals surface area contributed by atoms with Gasteiger partial charge in [0.1, 0.15) is 0 Å². The van der Waals surface area contributed by atoms with E-state index in [0.717, 1.165) is 0 Å². The van der Waals surface area contributed by atoms with Gasteiger partial charge in [-0.05, 0) is 12.8 Å². The van der Waals surface area contributed by atoms with Gasteiger partial charge in [0.05, 0.1) is 0 Å². The zero-order valence-corrected chi connectivity index (χ0v) is 27.9. The summed E-state index contributed by atoms with van der Waals surface area (Å²) in [6.45, 7) is -3.34. The normalized spacial score (nSPS) is 16.1. The summed E-state index contributed by atoms with van der Waals surface area (Å²) in [5, 5.41) is 0.878. The lowest BCUT2D eigenvalue weighted by molar-refractivity contribution is -0.459. The van der Waals surface area contributed by atoms with E-state index in [2.05, 4.69) is 0 Å². The number of halogens is 34. The zero-order valence-electron chi connectivity index (χ0n) is 27.9. The van der Waals surface area contributed by atoms with Crippen LogP contribution in [0.3, 0.4) is 0 Å². The SMILES string of the molecule is O=C(NCCCCCCNC(=O)C(F)(F)C(F)(F)C(F)(F)C(F)(F)C(F)(F)C(F)(F)C(F)(F)C(F)(F)F)C(F)(F)C(F)(F)C(F)(F)C(F)(F)C(F)(F)C(F)(F)C(F)(F)C(F)(F)F. The highest BCUT2D eigenvalue weighted by atomic mass is 19.4. The van der Waals surface area contributed by atoms with Crippen molar-refractivity contribution in [2.24, 2.45) is 0 Å². The van der Waals surface area contributed by atoms with Crippen molar-refractivity contribution in [3.8, 4) is 0 Å². The Morgan fingerprint density at radius 2 is 0.403 bits per heavy atom. The fourth-order valence-electron chi connectivity index (χ4n) is 3.84. The van der Waals surface area contributed by atoms with Crippen LogP contribution < -0.4 is 10.6 Å². The molecule has 0 aromatic heterocycles. The van der Waals surface area contributed by atoms with E-state index in [1.54, 1.807) is 0 Å². The number of hydrogen-bond donors (Lipinski definition) is 2. The van der Waals surface area contributed by atoms with Crippen molar-refractivity contribution in [2.75, 3.05) is 13.1 Å². The molecule has 2 amide bonds. The van der Waals surface area contributed by atoms with Crippen molar-refractivity contribution in [3.05, 3.63) is 0 Å². The number of carbonyl (C=O) groups is 2. The molecule has 0 unspecified atom stereocenters. The van der Waals surface area contributed by atoms with Gasteiger partial charge < -0.3 is 10.6 Å². The Kier molecular flexibility index (Phi) is 15.3. The molecular weight excluding hydrogens is 994 g/mol. The number of alkyl halides is 34. The predicted octanol–water partition coefficient (Wildman–Crippen LogP) is 10.8. The molecular formula is C24H14F34N2O2. The summed E-state index contributed by atoms with van der Waals surface area (Å²) in [6, 6.07) is 0. The third-order valence-corrected chi connectivity index (χ3v) is 7.69. The van der Waals surface area contributed by atoms with E-state index < -0.39 is 146 Å². The minimum atomic E-state index is -9.03. The van der Waals surface area contributed by atoms with E-state index in [4.69, 9.17) is 0 Å². The van der Waals surface area contributed by atoms with E-state index in [1.165, 1.54) is 0 Å². The Balaban J connectivity index is 5.78. The zero-order chi connectivity index (χ0) is 50.8. The standard InChI is InChI=1S/C24H14F34N2O2/c25-9(26,11(29,30)13(33,34)15(37,38)17(41,42)19(45,46)21(49,50)23(53,54)55)7(61)59-5-3-1-2-4-6-60-8(62)10(27,28)12(31,32)14(35,36)16(39,40)18(43,44)20(47,48)22(51,52)24(56,57)58/h1-6H2,(H,59,61)(H,60,62). The average molecular weight is 1010 g/mol. The molecule has 0 saturated carbocycles. The van der Waals surface area contributed by atoms with Crippen LogP contribution in [0.1, 0.15) is 25.7 Å². The highest BCUT2D eigenvalue weighted by molar-refractivity contribution is 5.85. The van der Waals surface area contributed by atoms with Crippen molar-refractivity contribution in [1.82, 2.24) is 10.6 Å². The van der Waals surface area contributed by atoms with Gasteiger partial charge in [-0.3, -0.25) is 9.59 Å². The Morgan fingerprint density at radius 1 is 0.242 bits per heavy atom. The number of unbranched alkanes of at least 4 members (excludes halogenated alkanes) is 3. The molecule has 62 heavy (non-hydrogen) atoms. The quantitative estimate of drug-likeness (QED) is 0.0889. The van der Waals surface area contributed by atoms with Crippen LogP contribution in [0.2, 0.25) is 0 Å². The van der Waals surface area contributed by atoms with Crippen LogP contribution in [0.5, 0.6) is 0 Å². The lowest BCUT2D eigenvalue weighted by Crippen LogP contribution is -2.75. The molecule has 0 rings (SSSR count). The monoisotopic (exact) mass is 1010 g/mol. The smallest absolute Gasteiger partial charge is 0.351 e. The molecule has 0 spiro atoms. The summed E-state index contributed by atoms with van der Waals surface area (Å²) in [5.41, 5.74) is 0. The maximum Gasteiger partial charge on any atom is 0.460 e. The van der Waals surface area contributed by atoms with Gasteiger partial charge >= 0.3 is 95.3 Å². The summed E-state index contributed by atoms with van der Waals surface area (Å²) in [7, 11) is 0. The first-order valence-corrected chi connectivity index (χ1v) is 14.5. The van der Waals surface area contributed by atoms with Crippen LogP contribution in [0, 0.1) is 0 Å². The second kappa shape index (κ2) is 16.2. The first-order chi connectivity index (χ1) is 26.5. The topological polar surface area (TPSA) is 58.2 Å². The third kappa shape index (κ3) is 8.24. The molecule has 0 aliphatic carbocycles. The van der Waals surface area contributed by atoms with E-state index >= 15 is 0 Å². The van der Waals surface area contributed by atoms with Crippen LogP contribution in [-0.2, 0) is 9.59 Å². The van der Waals surface area contributed by atoms with Crippen molar-refractivity contribution >= 4 is 11.8 Å². The maximum atomic E-state index is 13.9. The highest BCUT2D eigenvalue weighted by Crippen LogP contribution is 2.66. The molecule has 0 aromatic carbocycles. The molecule has 0 bridgehead atoms. The first-order valence-electron chi connectivity index (χ1n) is 14.5. The minimum Gasteiger partial charge on any atom is -0.351 e. The molecule has 0 saturated heterocycles. The van der Waals surface area contributed by atoms with E-state index in [9.17, 15) is 159 Å². The van der Waals surface area contributed by atoms with Gasteiger partial charge in [-0.2, -0.15) is 149 Å². The predicted molar refractivity (Wildman–Crippen MR) is 126 cm³/mol. The molecule has 0 aliphatic heterocycles. The number of carbonyl (C=O) groups excluding carboxylic acids is 2. The van der Waals surface area contributed by atoms with E-state index in [1.807, 2.05) is 0 Å². The molecule has 0 radical (unpaired) electrons. The summed E-state index contributed by atoms with van der Waals surface area (Å²) in [5.74, 6) is -128. The lowest BCUT2D eigenvalue weighted by atomic mass is 9.89. The third-order valence-electron chi connectivity index (χ3n) is 7.69. The molecule has 0 heterocycles. The first kappa shape index (κ1) is 58.6. The molecule has 4 nitrogen and oxygen atoms in total. The van der Waals surface area contributed by atoms with Gasteiger partial charge in [0.15, 0.2) is 0 Å². The van der Waals surface area contributed by atoms with Gasteiger partial charge in [0, 0.05) is 13.1 Å². The molecule has 2 N–H and O–H groups in total. The molecule has 38 heteroatoms. The molecule has 0 atom stereocenters. The van der Waals surface area contributed by atoms with E-state index in [-0.39, 0.29) is 0 Å². The van der Waals surface area contributed by atoms with Crippen molar-refractivity contribution in [2.45, 2.75) is 121 Å². The second-order valence-electron chi connectivity index (χ2n) is 12.0. The number of amides is 2. The van der Waals surface area contributed by atoms with Gasteiger partial charge in [0.25, 0.3) is 11.8 Å². The largest absolute Gasteiger partial charge is 0.460 e. The number of nitrogens with one attached hydrogen (secondary N) is 2. The maximum absolute atomic E-state index is 13.9. The Hall–Kier alpha value is -3.44. The van der Waals surface area contributed by atoms with Gasteiger partial charge in [-0.15, -0.1) is 0 Å². The van der Waals surface area contributed by atoms with Gasteiger partial charge in [-0.1, -0.05) is 12.8 Å². The van der Waals surface area contributed by atoms with Crippen LogP contribution >= 0.6 is 0 Å². The number of rotatable bonds is 21. The molecule has 370 valence electrons. The average Bonchev–Trinajstić information content (AvgIpc) is 3.06. The summed E-state index contributed by atoms with van der Waals surface area (Å²) in [6.07, 6.45) is -20.1. The van der Waals surface area contributed by atoms with Crippen molar-refractivity contribution in [1.29, 1.82) is 0 Å². The van der Waals surface area contributed by atoms with Crippen LogP contribution in [0.4, 0.5) is 149 Å². The summed E-state index contributed by atoms with van der Waals surface area (Å²) in [4.78, 5) is 22.7. The molecule has 0 aromatic rings. The van der Waals surface area contributed by atoms with Crippen molar-refractivity contribution in [3.63, 3.8) is 0 Å². The summed E-state index contributed by atoms with van der Waals surface area (Å²) >= 11 is 0. The fraction of sp³-hybridized carbons (Fsp3) is 0.917. The molecule has 0 fully saturated rings. The Labute approximate surface area is 316 Å².